The molecule has 0 unspecified atom stereocenters. The third-order valence-corrected chi connectivity index (χ3v) is 8.73. The van der Waals surface area contributed by atoms with Crippen LogP contribution in [0.4, 0.5) is 10.1 Å². The van der Waals surface area contributed by atoms with Crippen LogP contribution in [0.15, 0.2) is 78.9 Å². The van der Waals surface area contributed by atoms with Crippen LogP contribution in [-0.2, 0) is 32.6 Å². The molecule has 4 rings (SSSR count). The van der Waals surface area contributed by atoms with Crippen LogP contribution in [0, 0.1) is 5.82 Å². The van der Waals surface area contributed by atoms with Gasteiger partial charge >= 0.3 is 0 Å². The number of rotatable bonds is 13. The highest BCUT2D eigenvalue weighted by atomic mass is 32.2. The molecule has 230 valence electrons. The van der Waals surface area contributed by atoms with Gasteiger partial charge in [0.2, 0.25) is 21.8 Å². The van der Waals surface area contributed by atoms with E-state index in [-0.39, 0.29) is 30.6 Å². The van der Waals surface area contributed by atoms with Crippen molar-refractivity contribution in [3.63, 3.8) is 0 Å². The van der Waals surface area contributed by atoms with Crippen molar-refractivity contribution in [1.29, 1.82) is 0 Å². The van der Waals surface area contributed by atoms with Gasteiger partial charge in [-0.2, -0.15) is 0 Å². The van der Waals surface area contributed by atoms with Gasteiger partial charge in [0, 0.05) is 19.0 Å². The molecular formula is C33H40FN3O5S. The number of carbonyl (C=O) groups excluding carboxylic acids is 2. The fourth-order valence-electron chi connectivity index (χ4n) is 5.42. The molecule has 3 aromatic rings. The van der Waals surface area contributed by atoms with Gasteiger partial charge in [0.15, 0.2) is 0 Å². The Morgan fingerprint density at radius 3 is 2.23 bits per heavy atom. The molecule has 0 heterocycles. The van der Waals surface area contributed by atoms with E-state index in [0.29, 0.717) is 17.9 Å². The number of para-hydroxylation sites is 2. The Kier molecular flexibility index (Phi) is 11.2. The van der Waals surface area contributed by atoms with E-state index < -0.39 is 34.3 Å². The van der Waals surface area contributed by atoms with Crippen LogP contribution >= 0.6 is 0 Å². The van der Waals surface area contributed by atoms with Gasteiger partial charge in [-0.15, -0.1) is 0 Å². The van der Waals surface area contributed by atoms with Crippen molar-refractivity contribution in [3.8, 4) is 5.75 Å². The van der Waals surface area contributed by atoms with Crippen molar-refractivity contribution in [1.82, 2.24) is 10.2 Å². The minimum absolute atomic E-state index is 0.00730. The maximum Gasteiger partial charge on any atom is 0.244 e. The van der Waals surface area contributed by atoms with Crippen LogP contribution in [-0.4, -0.2) is 56.6 Å². The summed E-state index contributed by atoms with van der Waals surface area (Å²) in [5, 5.41) is 3.17. The molecular weight excluding hydrogens is 569 g/mol. The highest BCUT2D eigenvalue weighted by molar-refractivity contribution is 7.92. The van der Waals surface area contributed by atoms with Crippen molar-refractivity contribution in [3.05, 3.63) is 95.8 Å². The molecule has 0 saturated heterocycles. The van der Waals surface area contributed by atoms with E-state index >= 15 is 0 Å². The van der Waals surface area contributed by atoms with Gasteiger partial charge in [0.1, 0.15) is 24.2 Å². The van der Waals surface area contributed by atoms with E-state index in [2.05, 4.69) is 5.32 Å². The Morgan fingerprint density at radius 2 is 1.58 bits per heavy atom. The largest absolute Gasteiger partial charge is 0.492 e. The van der Waals surface area contributed by atoms with Crippen LogP contribution in [0.3, 0.4) is 0 Å². The molecule has 0 aliphatic heterocycles. The summed E-state index contributed by atoms with van der Waals surface area (Å²) in [5.41, 5.74) is 1.69. The molecule has 1 N–H and O–H groups in total. The predicted octanol–water partition coefficient (Wildman–Crippen LogP) is 5.08. The molecule has 1 saturated carbocycles. The molecule has 2 amide bonds. The molecule has 0 aromatic heterocycles. The van der Waals surface area contributed by atoms with Crippen molar-refractivity contribution in [2.75, 3.05) is 23.7 Å². The Hall–Kier alpha value is -3.92. The fourth-order valence-corrected chi connectivity index (χ4v) is 6.27. The monoisotopic (exact) mass is 609 g/mol. The first-order valence-electron chi connectivity index (χ1n) is 14.7. The fraction of sp³-hybridized carbons (Fsp3) is 0.394. The average Bonchev–Trinajstić information content (AvgIpc) is 2.99. The zero-order chi connectivity index (χ0) is 30.8. The zero-order valence-corrected chi connectivity index (χ0v) is 25.6. The molecule has 0 spiro atoms. The van der Waals surface area contributed by atoms with E-state index in [4.69, 9.17) is 4.74 Å². The molecule has 1 atom stereocenters. The van der Waals surface area contributed by atoms with Crippen molar-refractivity contribution < 1.29 is 27.1 Å². The zero-order valence-electron chi connectivity index (χ0n) is 24.7. The first-order valence-corrected chi connectivity index (χ1v) is 16.6. The Morgan fingerprint density at radius 1 is 0.930 bits per heavy atom. The lowest BCUT2D eigenvalue weighted by Gasteiger charge is -2.35. The first-order chi connectivity index (χ1) is 20.7. The summed E-state index contributed by atoms with van der Waals surface area (Å²) in [7, 11) is -3.94. The van der Waals surface area contributed by atoms with E-state index in [1.165, 1.54) is 17.0 Å². The minimum atomic E-state index is -3.94. The molecule has 43 heavy (non-hydrogen) atoms. The summed E-state index contributed by atoms with van der Waals surface area (Å²) in [6, 6.07) is 20.8. The maximum absolute atomic E-state index is 14.3. The molecule has 0 radical (unpaired) electrons. The second kappa shape index (κ2) is 15.0. The summed E-state index contributed by atoms with van der Waals surface area (Å²) in [6.07, 6.45) is 6.16. The number of anilines is 1. The van der Waals surface area contributed by atoms with Crippen molar-refractivity contribution in [2.24, 2.45) is 0 Å². The molecule has 1 fully saturated rings. The van der Waals surface area contributed by atoms with Crippen LogP contribution in [0.5, 0.6) is 5.75 Å². The number of nitrogens with one attached hydrogen (secondary N) is 1. The van der Waals surface area contributed by atoms with Gasteiger partial charge < -0.3 is 15.0 Å². The van der Waals surface area contributed by atoms with E-state index in [9.17, 15) is 22.4 Å². The van der Waals surface area contributed by atoms with Crippen molar-refractivity contribution in [2.45, 2.75) is 64.1 Å². The Labute approximate surface area is 253 Å². The van der Waals surface area contributed by atoms with E-state index in [1.807, 2.05) is 30.3 Å². The third-order valence-electron chi connectivity index (χ3n) is 7.60. The van der Waals surface area contributed by atoms with Gasteiger partial charge in [-0.25, -0.2) is 12.8 Å². The summed E-state index contributed by atoms with van der Waals surface area (Å²) in [4.78, 5) is 29.7. The number of sulfonamides is 1. The standard InChI is InChI=1S/C33H40FN3O5S/c1-3-42-31-17-11-10-16-29(31)37(43(2,40)41)24-32(38)36(23-26-18-20-27(34)21-19-26)30(22-25-12-6-4-7-13-25)33(39)35-28-14-8-5-9-15-28/h4,6-7,10-13,16-21,28,30H,3,5,8-9,14-15,22-24H2,1-2H3,(H,35,39)/t30-/m1/s1. The van der Waals surface area contributed by atoms with Crippen LogP contribution < -0.4 is 14.4 Å². The second-order valence-corrected chi connectivity index (χ2v) is 12.8. The number of amides is 2. The first kappa shape index (κ1) is 32.0. The summed E-state index contributed by atoms with van der Waals surface area (Å²) in [6.45, 7) is 1.53. The highest BCUT2D eigenvalue weighted by Crippen LogP contribution is 2.30. The molecule has 1 aliphatic rings. The van der Waals surface area contributed by atoms with Crippen LogP contribution in [0.25, 0.3) is 0 Å². The molecule has 10 heteroatoms. The number of carbonyl (C=O) groups is 2. The lowest BCUT2D eigenvalue weighted by atomic mass is 9.94. The summed E-state index contributed by atoms with van der Waals surface area (Å²) >= 11 is 0. The number of halogens is 1. The SMILES string of the molecule is CCOc1ccccc1N(CC(=O)N(Cc1ccc(F)cc1)[C@H](Cc1ccccc1)C(=O)NC1CCCCC1)S(C)(=O)=O. The molecule has 0 bridgehead atoms. The number of ether oxygens (including phenoxy) is 1. The van der Waals surface area contributed by atoms with E-state index in [0.717, 1.165) is 48.2 Å². The van der Waals surface area contributed by atoms with E-state index in [1.54, 1.807) is 43.3 Å². The lowest BCUT2D eigenvalue weighted by molar-refractivity contribution is -0.140. The van der Waals surface area contributed by atoms with Gasteiger partial charge in [-0.3, -0.25) is 13.9 Å². The molecule has 1 aliphatic carbocycles. The maximum atomic E-state index is 14.3. The Bertz CT molecular complexity index is 1460. The van der Waals surface area contributed by atoms with Gasteiger partial charge in [0.05, 0.1) is 18.6 Å². The Balaban J connectivity index is 1.73. The smallest absolute Gasteiger partial charge is 0.244 e. The summed E-state index contributed by atoms with van der Waals surface area (Å²) < 4.78 is 46.6. The number of hydrogen-bond acceptors (Lipinski definition) is 5. The highest BCUT2D eigenvalue weighted by Gasteiger charge is 2.34. The minimum Gasteiger partial charge on any atom is -0.492 e. The van der Waals surface area contributed by atoms with Crippen LogP contribution in [0.1, 0.15) is 50.2 Å². The number of nitrogens with zero attached hydrogens (tertiary/aromatic N) is 2. The van der Waals surface area contributed by atoms with Gasteiger partial charge in [-0.1, -0.05) is 73.9 Å². The van der Waals surface area contributed by atoms with Crippen molar-refractivity contribution >= 4 is 27.5 Å². The summed E-state index contributed by atoms with van der Waals surface area (Å²) in [5.74, 6) is -0.968. The normalized spacial score (nSPS) is 14.5. The number of hydrogen-bond donors (Lipinski definition) is 1. The predicted molar refractivity (Wildman–Crippen MR) is 166 cm³/mol. The van der Waals surface area contributed by atoms with Gasteiger partial charge in [0.25, 0.3) is 0 Å². The topological polar surface area (TPSA) is 96.0 Å². The molecule has 3 aromatic carbocycles. The van der Waals surface area contributed by atoms with Crippen LogP contribution in [0.2, 0.25) is 0 Å². The van der Waals surface area contributed by atoms with Gasteiger partial charge in [-0.05, 0) is 55.2 Å². The quantitative estimate of drug-likeness (QED) is 0.292. The number of benzene rings is 3. The molecule has 8 nitrogen and oxygen atoms in total. The average molecular weight is 610 g/mol. The lowest BCUT2D eigenvalue weighted by Crippen LogP contribution is -2.55. The third kappa shape index (κ3) is 9.03. The second-order valence-electron chi connectivity index (χ2n) is 10.9.